The highest BCUT2D eigenvalue weighted by Gasteiger charge is 2.04. The van der Waals surface area contributed by atoms with Crippen LogP contribution < -0.4 is 0 Å². The van der Waals surface area contributed by atoms with Gasteiger partial charge in [0, 0.05) is 36.0 Å². The molecule has 0 radical (unpaired) electrons. The Morgan fingerprint density at radius 3 is 0.756 bits per heavy atom. The first-order valence-corrected chi connectivity index (χ1v) is 21.8. The minimum atomic E-state index is 0.475. The minimum Gasteiger partial charge on any atom is -0.296 e. The van der Waals surface area contributed by atoms with Crippen molar-refractivity contribution in [1.29, 1.82) is 0 Å². The Hall–Kier alpha value is -0.310. The maximum Gasteiger partial charge on any atom is 0.0385 e. The van der Waals surface area contributed by atoms with Crippen LogP contribution in [-0.2, 0) is 0 Å². The lowest BCUT2D eigenvalue weighted by Gasteiger charge is -2.09. The molecule has 0 spiro atoms. The average Bonchev–Trinajstić information content (AvgIpc) is 3.03. The first-order valence-electron chi connectivity index (χ1n) is 20.9. The summed E-state index contributed by atoms with van der Waals surface area (Å²) in [6.45, 7) is 11.2. The lowest BCUT2D eigenvalue weighted by molar-refractivity contribution is 0.530. The zero-order valence-corrected chi connectivity index (χ0v) is 32.5. The molecule has 268 valence electrons. The Morgan fingerprint density at radius 2 is 0.533 bits per heavy atom. The van der Waals surface area contributed by atoms with Gasteiger partial charge in [-0.1, -0.05) is 206 Å². The van der Waals surface area contributed by atoms with E-state index in [0.717, 1.165) is 13.1 Å². The summed E-state index contributed by atoms with van der Waals surface area (Å²) < 4.78 is 0. The molecule has 0 amide bonds. The third-order valence-corrected chi connectivity index (χ3v) is 10.4. The van der Waals surface area contributed by atoms with Gasteiger partial charge in [0.2, 0.25) is 0 Å². The monoisotopic (exact) mass is 649 g/mol. The van der Waals surface area contributed by atoms with Crippen molar-refractivity contribution in [2.45, 2.75) is 244 Å². The van der Waals surface area contributed by atoms with Gasteiger partial charge in [-0.15, -0.1) is 11.8 Å². The Labute approximate surface area is 290 Å². The number of nitrogens with zero attached hydrogens (tertiary/aromatic N) is 2. The molecule has 45 heavy (non-hydrogen) atoms. The van der Waals surface area contributed by atoms with E-state index in [1.54, 1.807) is 0 Å². The molecular formula is C42H84N2S. The summed E-state index contributed by atoms with van der Waals surface area (Å²) in [5, 5.41) is 0.950. The zero-order chi connectivity index (χ0) is 32.7. The van der Waals surface area contributed by atoms with Crippen molar-refractivity contribution in [3.8, 4) is 0 Å². The van der Waals surface area contributed by atoms with Gasteiger partial charge in [0.1, 0.15) is 0 Å². The maximum atomic E-state index is 4.72. The molecule has 0 aromatic rings. The molecule has 0 aromatic heterocycles. The van der Waals surface area contributed by atoms with Gasteiger partial charge in [-0.3, -0.25) is 9.98 Å². The number of hydrogen-bond acceptors (Lipinski definition) is 3. The van der Waals surface area contributed by atoms with Crippen LogP contribution >= 0.6 is 11.8 Å². The molecule has 0 saturated carbocycles. The van der Waals surface area contributed by atoms with Crippen molar-refractivity contribution in [1.82, 2.24) is 0 Å². The highest BCUT2D eigenvalue weighted by molar-refractivity contribution is 8.01. The predicted molar refractivity (Wildman–Crippen MR) is 212 cm³/mol. The van der Waals surface area contributed by atoms with E-state index >= 15 is 0 Å². The Morgan fingerprint density at radius 1 is 0.333 bits per heavy atom. The number of thioether (sulfide) groups is 1. The van der Waals surface area contributed by atoms with Crippen LogP contribution in [0, 0.1) is 0 Å². The summed E-state index contributed by atoms with van der Waals surface area (Å²) in [5.74, 6) is 0. The summed E-state index contributed by atoms with van der Waals surface area (Å²) in [4.78, 5) is 9.44. The fourth-order valence-electron chi connectivity index (χ4n) is 6.36. The normalized spacial score (nSPS) is 13.4. The molecule has 3 heteroatoms. The summed E-state index contributed by atoms with van der Waals surface area (Å²) in [6.07, 6.45) is 50.0. The number of unbranched alkanes of at least 4 members (excludes halogenated alkanes) is 30. The molecule has 0 fully saturated rings. The molecule has 0 rings (SSSR count). The molecule has 0 saturated heterocycles. The lowest BCUT2D eigenvalue weighted by Crippen LogP contribution is -2.08. The Balaban J connectivity index is 3.37. The molecule has 0 aromatic carbocycles. The van der Waals surface area contributed by atoms with Gasteiger partial charge in [-0.05, 0) is 26.7 Å². The van der Waals surface area contributed by atoms with E-state index in [-0.39, 0.29) is 0 Å². The van der Waals surface area contributed by atoms with Crippen LogP contribution in [0.15, 0.2) is 9.98 Å². The number of aliphatic imine (C=N–C) groups is 2. The van der Waals surface area contributed by atoms with Crippen LogP contribution in [0.25, 0.3) is 0 Å². The van der Waals surface area contributed by atoms with Gasteiger partial charge in [0.25, 0.3) is 0 Å². The van der Waals surface area contributed by atoms with Crippen molar-refractivity contribution >= 4 is 24.2 Å². The van der Waals surface area contributed by atoms with Gasteiger partial charge in [-0.25, -0.2) is 0 Å². The molecule has 2 atom stereocenters. The van der Waals surface area contributed by atoms with Gasteiger partial charge in [-0.2, -0.15) is 0 Å². The lowest BCUT2D eigenvalue weighted by atomic mass is 10.0. The van der Waals surface area contributed by atoms with E-state index in [2.05, 4.69) is 40.1 Å². The average molecular weight is 649 g/mol. The van der Waals surface area contributed by atoms with Crippen molar-refractivity contribution in [2.75, 3.05) is 13.1 Å². The van der Waals surface area contributed by atoms with Gasteiger partial charge >= 0.3 is 0 Å². The number of rotatable bonds is 38. The fraction of sp³-hybridized carbons (Fsp3) is 0.952. The summed E-state index contributed by atoms with van der Waals surface area (Å²) in [7, 11) is 0. The highest BCUT2D eigenvalue weighted by Crippen LogP contribution is 2.17. The summed E-state index contributed by atoms with van der Waals surface area (Å²) in [5.41, 5.74) is 0. The fourth-order valence-corrected chi connectivity index (χ4v) is 7.35. The molecule has 0 bridgehead atoms. The van der Waals surface area contributed by atoms with Crippen LogP contribution in [0.4, 0.5) is 0 Å². The van der Waals surface area contributed by atoms with E-state index in [1.165, 1.54) is 205 Å². The quantitative estimate of drug-likeness (QED) is 0.0483. The van der Waals surface area contributed by atoms with Crippen molar-refractivity contribution in [3.05, 3.63) is 0 Å². The summed E-state index contributed by atoms with van der Waals surface area (Å²) >= 11 is 1.98. The largest absolute Gasteiger partial charge is 0.296 e. The third-order valence-electron chi connectivity index (χ3n) is 9.34. The van der Waals surface area contributed by atoms with E-state index in [9.17, 15) is 0 Å². The van der Waals surface area contributed by atoms with E-state index in [0.29, 0.717) is 10.5 Å². The second-order valence-corrected chi connectivity index (χ2v) is 16.0. The third kappa shape index (κ3) is 39.8. The van der Waals surface area contributed by atoms with Crippen LogP contribution in [0.5, 0.6) is 0 Å². The Bertz CT molecular complexity index is 539. The van der Waals surface area contributed by atoms with Crippen molar-refractivity contribution < 1.29 is 0 Å². The predicted octanol–water partition coefficient (Wildman–Crippen LogP) is 15.2. The zero-order valence-electron chi connectivity index (χ0n) is 31.7. The first kappa shape index (κ1) is 44.7. The summed E-state index contributed by atoms with van der Waals surface area (Å²) in [6, 6.07) is 0. The van der Waals surface area contributed by atoms with Gasteiger partial charge in [0.15, 0.2) is 0 Å². The molecule has 2 unspecified atom stereocenters. The minimum absolute atomic E-state index is 0.475. The van der Waals surface area contributed by atoms with Crippen molar-refractivity contribution in [2.24, 2.45) is 9.98 Å². The second kappa shape index (κ2) is 39.9. The molecule has 2 nitrogen and oxygen atoms in total. The highest BCUT2D eigenvalue weighted by atomic mass is 32.2. The molecule has 0 N–H and O–H groups in total. The molecular weight excluding hydrogens is 565 g/mol. The van der Waals surface area contributed by atoms with Gasteiger partial charge in [0.05, 0.1) is 0 Å². The second-order valence-electron chi connectivity index (χ2n) is 14.3. The molecule has 0 aliphatic rings. The standard InChI is InChI=1S/C42H84N2S/c1-5-7-9-11-13-15-17-19-21-23-25-27-29-31-33-35-37-43-39-41(3)45-42(4)40-44-38-36-34-32-30-28-26-24-22-20-18-16-14-12-10-8-6-2/h39-42H,5-38H2,1-4H3/b43-39+,44-40+. The molecule has 0 aliphatic heterocycles. The number of hydrogen-bond donors (Lipinski definition) is 0. The maximum absolute atomic E-state index is 4.72. The van der Waals surface area contributed by atoms with Crippen LogP contribution in [0.3, 0.4) is 0 Å². The van der Waals surface area contributed by atoms with E-state index in [4.69, 9.17) is 9.98 Å². The van der Waals surface area contributed by atoms with E-state index < -0.39 is 0 Å². The smallest absolute Gasteiger partial charge is 0.0385 e. The Kier molecular flexibility index (Phi) is 39.6. The SMILES string of the molecule is CCCCCCCCCCCCCCCCCC/N=C/C(C)SC(C)/C=N/CCCCCCCCCCCCCCCCCC. The van der Waals surface area contributed by atoms with Crippen molar-refractivity contribution in [3.63, 3.8) is 0 Å². The van der Waals surface area contributed by atoms with Crippen LogP contribution in [0.1, 0.15) is 233 Å². The molecule has 0 heterocycles. The van der Waals surface area contributed by atoms with Crippen LogP contribution in [-0.4, -0.2) is 36.0 Å². The van der Waals surface area contributed by atoms with Crippen LogP contribution in [0.2, 0.25) is 0 Å². The molecule has 0 aliphatic carbocycles. The topological polar surface area (TPSA) is 24.7 Å². The first-order chi connectivity index (χ1) is 22.2. The van der Waals surface area contributed by atoms with Gasteiger partial charge < -0.3 is 0 Å². The van der Waals surface area contributed by atoms with E-state index in [1.807, 2.05) is 11.8 Å².